The number of aromatic nitrogens is 1. The van der Waals surface area contributed by atoms with Gasteiger partial charge < -0.3 is 5.32 Å². The molecule has 4 saturated carbocycles. The van der Waals surface area contributed by atoms with E-state index < -0.39 is 0 Å². The third-order valence-corrected chi connectivity index (χ3v) is 6.17. The molecule has 1 N–H and O–H groups in total. The minimum Gasteiger partial charge on any atom is -0.310 e. The zero-order chi connectivity index (χ0) is 13.7. The fourth-order valence-electron chi connectivity index (χ4n) is 5.03. The largest absolute Gasteiger partial charge is 0.310 e. The van der Waals surface area contributed by atoms with Crippen LogP contribution >= 0.6 is 15.9 Å². The Balaban J connectivity index is 1.53. The number of anilines is 1. The highest BCUT2D eigenvalue weighted by Crippen LogP contribution is 2.56. The molecule has 4 bridgehead atoms. The molecule has 106 valence electrons. The Bertz CT molecular complexity index is 517. The zero-order valence-electron chi connectivity index (χ0n) is 11.4. The van der Waals surface area contributed by atoms with E-state index in [0.29, 0.717) is 17.7 Å². The summed E-state index contributed by atoms with van der Waals surface area (Å²) in [6.45, 7) is 0. The van der Waals surface area contributed by atoms with Gasteiger partial charge in [-0.1, -0.05) is 0 Å². The summed E-state index contributed by atoms with van der Waals surface area (Å²) in [6.07, 6.45) is 8.23. The minimum absolute atomic E-state index is 0.193. The van der Waals surface area contributed by atoms with Gasteiger partial charge in [-0.3, -0.25) is 4.79 Å². The first-order valence-electron chi connectivity index (χ1n) is 7.62. The molecule has 0 atom stereocenters. The summed E-state index contributed by atoms with van der Waals surface area (Å²) in [7, 11) is 0. The number of pyridine rings is 1. The van der Waals surface area contributed by atoms with Gasteiger partial charge in [0.2, 0.25) is 5.91 Å². The van der Waals surface area contributed by atoms with E-state index >= 15 is 0 Å². The Morgan fingerprint density at radius 1 is 1.15 bits per heavy atom. The highest BCUT2D eigenvalue weighted by Gasteiger charge is 2.50. The third-order valence-electron chi connectivity index (χ3n) is 5.53. The molecule has 4 fully saturated rings. The molecule has 1 aromatic heterocycles. The number of carbonyl (C=O) groups excluding carboxylic acids is 1. The Labute approximate surface area is 127 Å². The van der Waals surface area contributed by atoms with Crippen LogP contribution in [0.25, 0.3) is 0 Å². The molecular weight excluding hydrogens is 316 g/mol. The van der Waals surface area contributed by atoms with Crippen LogP contribution in [-0.2, 0) is 4.79 Å². The number of halogens is 1. The maximum absolute atomic E-state index is 12.7. The number of hydrogen-bond acceptors (Lipinski definition) is 2. The quantitative estimate of drug-likeness (QED) is 0.892. The van der Waals surface area contributed by atoms with Crippen LogP contribution in [0.4, 0.5) is 5.82 Å². The van der Waals surface area contributed by atoms with Crippen LogP contribution in [0.1, 0.15) is 32.1 Å². The fraction of sp³-hybridized carbons (Fsp3) is 0.625. The van der Waals surface area contributed by atoms with Gasteiger partial charge in [-0.25, -0.2) is 4.98 Å². The van der Waals surface area contributed by atoms with Gasteiger partial charge in [0.15, 0.2) is 0 Å². The zero-order valence-corrected chi connectivity index (χ0v) is 13.0. The Morgan fingerprint density at radius 2 is 1.80 bits per heavy atom. The van der Waals surface area contributed by atoms with E-state index in [1.807, 2.05) is 12.1 Å². The number of nitrogens with one attached hydrogen (secondary N) is 1. The maximum Gasteiger partial charge on any atom is 0.229 e. The molecule has 1 heterocycles. The summed E-state index contributed by atoms with van der Waals surface area (Å²) in [4.78, 5) is 16.9. The first-order chi connectivity index (χ1) is 9.70. The monoisotopic (exact) mass is 334 g/mol. The summed E-state index contributed by atoms with van der Waals surface area (Å²) >= 11 is 3.45. The van der Waals surface area contributed by atoms with Gasteiger partial charge in [0.05, 0.1) is 4.47 Å². The van der Waals surface area contributed by atoms with Crippen molar-refractivity contribution in [2.45, 2.75) is 32.1 Å². The van der Waals surface area contributed by atoms with Crippen LogP contribution in [-0.4, -0.2) is 10.9 Å². The van der Waals surface area contributed by atoms with Crippen molar-refractivity contribution in [1.29, 1.82) is 0 Å². The van der Waals surface area contributed by atoms with Crippen LogP contribution in [0.5, 0.6) is 0 Å². The predicted octanol–water partition coefficient (Wildman–Crippen LogP) is 3.85. The van der Waals surface area contributed by atoms with Crippen LogP contribution in [0, 0.1) is 29.6 Å². The van der Waals surface area contributed by atoms with Crippen molar-refractivity contribution in [3.05, 3.63) is 22.8 Å². The molecule has 1 amide bonds. The highest BCUT2D eigenvalue weighted by molar-refractivity contribution is 9.10. The van der Waals surface area contributed by atoms with E-state index in [1.54, 1.807) is 6.20 Å². The number of nitrogens with zero attached hydrogens (tertiary/aromatic N) is 1. The molecule has 3 nitrogen and oxygen atoms in total. The van der Waals surface area contributed by atoms with E-state index in [0.717, 1.165) is 16.3 Å². The normalized spacial score (nSPS) is 38.0. The molecule has 4 heteroatoms. The summed E-state index contributed by atoms with van der Waals surface area (Å²) < 4.78 is 0.858. The lowest BCUT2D eigenvalue weighted by atomic mass is 9.51. The lowest BCUT2D eigenvalue weighted by Gasteiger charge is -2.53. The number of hydrogen-bond donors (Lipinski definition) is 1. The molecule has 0 saturated heterocycles. The van der Waals surface area contributed by atoms with Gasteiger partial charge in [-0.2, -0.15) is 0 Å². The number of amides is 1. The molecule has 5 rings (SSSR count). The molecular formula is C16H19BrN2O. The van der Waals surface area contributed by atoms with Crippen LogP contribution in [0.15, 0.2) is 22.8 Å². The third kappa shape index (κ3) is 2.09. The first-order valence-corrected chi connectivity index (χ1v) is 8.41. The fourth-order valence-corrected chi connectivity index (χ4v) is 5.39. The molecule has 0 aromatic carbocycles. The van der Waals surface area contributed by atoms with Crippen molar-refractivity contribution < 1.29 is 4.79 Å². The van der Waals surface area contributed by atoms with Gasteiger partial charge >= 0.3 is 0 Å². The van der Waals surface area contributed by atoms with E-state index in [9.17, 15) is 4.79 Å². The van der Waals surface area contributed by atoms with E-state index in [1.165, 1.54) is 32.1 Å². The maximum atomic E-state index is 12.7. The van der Waals surface area contributed by atoms with Crippen LogP contribution < -0.4 is 5.32 Å². The molecule has 1 aromatic rings. The lowest BCUT2D eigenvalue weighted by molar-refractivity contribution is -0.132. The summed E-state index contributed by atoms with van der Waals surface area (Å²) in [6, 6.07) is 3.78. The van der Waals surface area contributed by atoms with Crippen molar-refractivity contribution in [2.24, 2.45) is 29.6 Å². The number of carbonyl (C=O) groups is 1. The first kappa shape index (κ1) is 12.8. The second-order valence-electron chi connectivity index (χ2n) is 6.78. The smallest absolute Gasteiger partial charge is 0.229 e. The van der Waals surface area contributed by atoms with Gasteiger partial charge in [0, 0.05) is 12.1 Å². The highest BCUT2D eigenvalue weighted by atomic mass is 79.9. The summed E-state index contributed by atoms with van der Waals surface area (Å²) in [5.74, 6) is 4.12. The van der Waals surface area contributed by atoms with E-state index in [-0.39, 0.29) is 11.8 Å². The second-order valence-corrected chi connectivity index (χ2v) is 7.63. The molecule has 0 spiro atoms. The standard InChI is InChI=1S/C16H19BrN2O/c17-13-2-1-3-18-15(13)19-16(20)14-11-5-9-4-10(7-11)8-12(14)6-9/h1-3,9-12,14H,4-8H2,(H,18,19,20). The molecule has 0 radical (unpaired) electrons. The van der Waals surface area contributed by atoms with E-state index in [2.05, 4.69) is 26.2 Å². The Hall–Kier alpha value is -0.900. The Kier molecular flexibility index (Phi) is 3.09. The predicted molar refractivity (Wildman–Crippen MR) is 81.1 cm³/mol. The van der Waals surface area contributed by atoms with Crippen molar-refractivity contribution in [2.75, 3.05) is 5.32 Å². The van der Waals surface area contributed by atoms with Crippen LogP contribution in [0.2, 0.25) is 0 Å². The molecule has 20 heavy (non-hydrogen) atoms. The second kappa shape index (κ2) is 4.83. The SMILES string of the molecule is O=C(Nc1ncccc1Br)C1C2CC3CC(C2)CC1C3. The summed E-state index contributed by atoms with van der Waals surface area (Å²) in [5.41, 5.74) is 0. The van der Waals surface area contributed by atoms with Crippen molar-refractivity contribution >= 4 is 27.7 Å². The van der Waals surface area contributed by atoms with E-state index in [4.69, 9.17) is 0 Å². The van der Waals surface area contributed by atoms with Crippen molar-refractivity contribution in [1.82, 2.24) is 4.98 Å². The van der Waals surface area contributed by atoms with Crippen LogP contribution in [0.3, 0.4) is 0 Å². The minimum atomic E-state index is 0.193. The van der Waals surface area contributed by atoms with Crippen molar-refractivity contribution in [3.63, 3.8) is 0 Å². The van der Waals surface area contributed by atoms with Gasteiger partial charge in [-0.05, 0) is 83.8 Å². The average molecular weight is 335 g/mol. The average Bonchev–Trinajstić information content (AvgIpc) is 2.40. The van der Waals surface area contributed by atoms with Gasteiger partial charge in [-0.15, -0.1) is 0 Å². The molecule has 0 aliphatic heterocycles. The van der Waals surface area contributed by atoms with Gasteiger partial charge in [0.25, 0.3) is 0 Å². The molecule has 0 unspecified atom stereocenters. The Morgan fingerprint density at radius 3 is 2.40 bits per heavy atom. The topological polar surface area (TPSA) is 42.0 Å². The molecule has 4 aliphatic carbocycles. The number of rotatable bonds is 2. The summed E-state index contributed by atoms with van der Waals surface area (Å²) in [5, 5.41) is 3.04. The lowest BCUT2D eigenvalue weighted by Crippen LogP contribution is -2.49. The molecule has 4 aliphatic rings. The van der Waals surface area contributed by atoms with Gasteiger partial charge in [0.1, 0.15) is 5.82 Å². The van der Waals surface area contributed by atoms with Crippen molar-refractivity contribution in [3.8, 4) is 0 Å².